The summed E-state index contributed by atoms with van der Waals surface area (Å²) in [5.41, 5.74) is -0.463. The van der Waals surface area contributed by atoms with Gasteiger partial charge in [-0.15, -0.1) is 0 Å². The second-order valence-electron chi connectivity index (χ2n) is 20.9. The predicted octanol–water partition coefficient (Wildman–Crippen LogP) is 0.931. The maximum absolute atomic E-state index is 10.7. The van der Waals surface area contributed by atoms with Gasteiger partial charge >= 0.3 is 0 Å². The standard InChI is InChI=1S/C56H117N3O6.3ClH/c1-5-8-11-14-17-20-23-26-29-32-35-38-41-57-44-53(60)47-63-50-56(4,51-64-48-54(61)45-58-42-39-36-33-30-27-24-21-18-15-12-9-6-2)52-65-49-55(62)46-59-43-40-37-34-31-28-25-22-19-16-13-10-7-3;;;/h53-55,57-62H,5-52H2,1-4H3;3*1H. The molecule has 0 bridgehead atoms. The van der Waals surface area contributed by atoms with Crippen molar-refractivity contribution in [2.45, 2.75) is 277 Å². The van der Waals surface area contributed by atoms with E-state index in [4.69, 9.17) is 14.2 Å². The zero-order valence-electron chi connectivity index (χ0n) is 45.6. The topological polar surface area (TPSA) is 138 Å². The molecule has 12 heteroatoms. The maximum atomic E-state index is 10.7. The van der Waals surface area contributed by atoms with Gasteiger partial charge < -0.3 is 82.7 Å². The lowest BCUT2D eigenvalue weighted by Gasteiger charge is -2.30. The van der Waals surface area contributed by atoms with Gasteiger partial charge in [-0.25, -0.2) is 0 Å². The summed E-state index contributed by atoms with van der Waals surface area (Å²) in [7, 11) is 0. The first-order chi connectivity index (χ1) is 31.9. The summed E-state index contributed by atoms with van der Waals surface area (Å²) in [6.45, 7) is 16.0. The minimum absolute atomic E-state index is 0. The largest absolute Gasteiger partial charge is 1.00 e. The van der Waals surface area contributed by atoms with Crippen LogP contribution in [0.4, 0.5) is 0 Å². The van der Waals surface area contributed by atoms with Crippen LogP contribution >= 0.6 is 0 Å². The summed E-state index contributed by atoms with van der Waals surface area (Å²) in [5, 5.41) is 38.8. The molecule has 0 aromatic rings. The Balaban J connectivity index is -0.00000683. The van der Waals surface area contributed by atoms with Crippen molar-refractivity contribution in [1.29, 1.82) is 0 Å². The van der Waals surface area contributed by atoms with Crippen LogP contribution in [0.25, 0.3) is 0 Å². The van der Waals surface area contributed by atoms with Gasteiger partial charge in [-0.05, 0) is 38.5 Å². The molecule has 9 nitrogen and oxygen atoms in total. The van der Waals surface area contributed by atoms with Gasteiger partial charge in [0, 0.05) is 5.41 Å². The van der Waals surface area contributed by atoms with Crippen molar-refractivity contribution in [3.63, 3.8) is 0 Å². The van der Waals surface area contributed by atoms with E-state index in [9.17, 15) is 15.3 Å². The summed E-state index contributed by atoms with van der Waals surface area (Å²) in [6, 6.07) is 0. The number of unbranched alkanes of at least 4 members (excludes halogenated alkanes) is 33. The lowest BCUT2D eigenvalue weighted by atomic mass is 9.94. The SMILES string of the molecule is CCCCCCCCCCCCCC[NH2+]CC(O)COCC(C)(COCC(O)C[NH2+]CCCCCCCCCCCCCC)COCC(O)C[NH2+]CCCCCCCCCCCCCC.[Cl-].[Cl-].[Cl-]. The maximum Gasteiger partial charge on any atom is 0.126 e. The minimum atomic E-state index is -0.525. The highest BCUT2D eigenvalue weighted by atomic mass is 35.5. The van der Waals surface area contributed by atoms with Gasteiger partial charge in [-0.2, -0.15) is 0 Å². The third-order valence-corrected chi connectivity index (χ3v) is 13.4. The van der Waals surface area contributed by atoms with E-state index in [0.29, 0.717) is 39.5 Å². The van der Waals surface area contributed by atoms with E-state index in [-0.39, 0.29) is 57.0 Å². The third kappa shape index (κ3) is 59.1. The van der Waals surface area contributed by atoms with Gasteiger partial charge in [0.25, 0.3) is 0 Å². The molecule has 0 spiro atoms. The van der Waals surface area contributed by atoms with Crippen molar-refractivity contribution < 1.29 is 82.7 Å². The van der Waals surface area contributed by atoms with Crippen LogP contribution in [0, 0.1) is 5.41 Å². The molecule has 0 aliphatic rings. The Morgan fingerprint density at radius 2 is 0.485 bits per heavy atom. The molecular formula is C56H120Cl3N3O6. The molecule has 0 saturated carbocycles. The molecule has 0 rings (SSSR count). The van der Waals surface area contributed by atoms with Gasteiger partial charge in [-0.3, -0.25) is 0 Å². The number of ether oxygens (including phenoxy) is 3. The van der Waals surface area contributed by atoms with Crippen molar-refractivity contribution in [2.24, 2.45) is 5.41 Å². The van der Waals surface area contributed by atoms with E-state index in [1.165, 1.54) is 231 Å². The Morgan fingerprint density at radius 3 is 0.676 bits per heavy atom. The fourth-order valence-corrected chi connectivity index (χ4v) is 8.97. The number of aliphatic hydroxyl groups excluding tert-OH is 3. The van der Waals surface area contributed by atoms with E-state index < -0.39 is 23.7 Å². The first kappa shape index (κ1) is 75.0. The van der Waals surface area contributed by atoms with E-state index >= 15 is 0 Å². The summed E-state index contributed by atoms with van der Waals surface area (Å²) in [6.07, 6.45) is 47.2. The molecule has 9 N–H and O–H groups in total. The Morgan fingerprint density at radius 1 is 0.309 bits per heavy atom. The van der Waals surface area contributed by atoms with Crippen LogP contribution in [0.3, 0.4) is 0 Å². The van der Waals surface area contributed by atoms with E-state index in [0.717, 1.165) is 19.6 Å². The summed E-state index contributed by atoms with van der Waals surface area (Å²) < 4.78 is 18.3. The number of nitrogens with two attached hydrogens (primary N) is 3. The van der Waals surface area contributed by atoms with Crippen molar-refractivity contribution in [2.75, 3.05) is 78.9 Å². The number of hydrogen-bond acceptors (Lipinski definition) is 6. The number of halogens is 3. The Bertz CT molecular complexity index is 797. The summed E-state index contributed by atoms with van der Waals surface area (Å²) in [4.78, 5) is 0. The van der Waals surface area contributed by atoms with Crippen LogP contribution in [0.5, 0.6) is 0 Å². The van der Waals surface area contributed by atoms with E-state index in [2.05, 4.69) is 43.6 Å². The molecular weight excluding hydrogens is 917 g/mol. The summed E-state index contributed by atoms with van der Waals surface area (Å²) in [5.74, 6) is 0. The molecule has 0 aliphatic heterocycles. The van der Waals surface area contributed by atoms with Gasteiger partial charge in [-0.1, -0.05) is 220 Å². The third-order valence-electron chi connectivity index (χ3n) is 13.4. The molecule has 68 heavy (non-hydrogen) atoms. The highest BCUT2D eigenvalue weighted by molar-refractivity contribution is 4.75. The van der Waals surface area contributed by atoms with E-state index in [1.54, 1.807) is 0 Å². The smallest absolute Gasteiger partial charge is 0.126 e. The van der Waals surface area contributed by atoms with Crippen molar-refractivity contribution in [1.82, 2.24) is 0 Å². The molecule has 0 aliphatic carbocycles. The Hall–Kier alpha value is 0.510. The second kappa shape index (κ2) is 61.8. The molecule has 416 valence electrons. The van der Waals surface area contributed by atoms with Crippen LogP contribution < -0.4 is 53.2 Å². The van der Waals surface area contributed by atoms with Gasteiger partial charge in [0.05, 0.1) is 59.3 Å². The van der Waals surface area contributed by atoms with Crippen molar-refractivity contribution in [3.8, 4) is 0 Å². The van der Waals surface area contributed by atoms with Crippen LogP contribution in [0.2, 0.25) is 0 Å². The van der Waals surface area contributed by atoms with Gasteiger partial charge in [0.15, 0.2) is 0 Å². The van der Waals surface area contributed by atoms with E-state index in [1.807, 2.05) is 0 Å². The second-order valence-corrected chi connectivity index (χ2v) is 20.9. The van der Waals surface area contributed by atoms with Crippen LogP contribution in [0.1, 0.15) is 259 Å². The average molecular weight is 1040 g/mol. The zero-order valence-corrected chi connectivity index (χ0v) is 47.9. The van der Waals surface area contributed by atoms with Gasteiger partial charge in [0.1, 0.15) is 37.9 Å². The number of rotatable bonds is 57. The first-order valence-corrected chi connectivity index (χ1v) is 29.1. The van der Waals surface area contributed by atoms with Crippen molar-refractivity contribution in [3.05, 3.63) is 0 Å². The summed E-state index contributed by atoms with van der Waals surface area (Å²) >= 11 is 0. The molecule has 3 unspecified atom stereocenters. The fourth-order valence-electron chi connectivity index (χ4n) is 8.97. The number of hydrogen-bond donors (Lipinski definition) is 6. The molecule has 0 heterocycles. The molecule has 0 radical (unpaired) electrons. The highest BCUT2D eigenvalue weighted by Gasteiger charge is 2.28. The number of quaternary nitrogens is 3. The fraction of sp³-hybridized carbons (Fsp3) is 1.00. The number of aliphatic hydroxyl groups is 3. The molecule has 0 fully saturated rings. The Labute approximate surface area is 442 Å². The average Bonchev–Trinajstić information content (AvgIpc) is 3.29. The van der Waals surface area contributed by atoms with Crippen LogP contribution in [-0.2, 0) is 14.2 Å². The van der Waals surface area contributed by atoms with Crippen molar-refractivity contribution >= 4 is 0 Å². The highest BCUT2D eigenvalue weighted by Crippen LogP contribution is 2.19. The molecule has 3 atom stereocenters. The molecule has 0 saturated heterocycles. The quantitative estimate of drug-likeness (QED) is 0.0503. The molecule has 0 aromatic heterocycles. The zero-order chi connectivity index (χ0) is 47.4. The molecule has 0 aromatic carbocycles. The lowest BCUT2D eigenvalue weighted by Crippen LogP contribution is -3.00. The normalized spacial score (nSPS) is 13.6. The predicted molar refractivity (Wildman–Crippen MR) is 277 cm³/mol. The van der Waals surface area contributed by atoms with Crippen LogP contribution in [0.15, 0.2) is 0 Å². The first-order valence-electron chi connectivity index (χ1n) is 29.1. The van der Waals surface area contributed by atoms with Gasteiger partial charge in [0.2, 0.25) is 0 Å². The minimum Gasteiger partial charge on any atom is -1.00 e. The monoisotopic (exact) mass is 1040 g/mol. The lowest BCUT2D eigenvalue weighted by molar-refractivity contribution is -0.661. The van der Waals surface area contributed by atoms with Crippen LogP contribution in [-0.4, -0.2) is 113 Å². The Kier molecular flexibility index (Phi) is 68.2. The molecule has 0 amide bonds.